The van der Waals surface area contributed by atoms with E-state index >= 15 is 0 Å². The SMILES string of the molecule is CC1(N2Cc3cc(Nc4nn(C5CCCCC5C#N)c5cc[nH]c(=O)c45)ccc3S2(O)O)CCC(F)(F)CC1. The third-order valence-electron chi connectivity index (χ3n) is 8.74. The molecule has 3 heterocycles. The van der Waals surface area contributed by atoms with Gasteiger partial charge >= 0.3 is 0 Å². The molecule has 208 valence electrons. The van der Waals surface area contributed by atoms with Crippen LogP contribution in [0.4, 0.5) is 20.3 Å². The summed E-state index contributed by atoms with van der Waals surface area (Å²) in [6.07, 6.45) is 4.93. The average Bonchev–Trinajstić information content (AvgIpc) is 3.41. The van der Waals surface area contributed by atoms with E-state index in [0.717, 1.165) is 25.7 Å². The quantitative estimate of drug-likeness (QED) is 0.286. The van der Waals surface area contributed by atoms with Crippen molar-refractivity contribution in [2.45, 2.75) is 87.2 Å². The number of H-pyrrole nitrogens is 1. The van der Waals surface area contributed by atoms with Crippen molar-refractivity contribution in [2.75, 3.05) is 5.32 Å². The Hall–Kier alpha value is -2.98. The number of anilines is 2. The van der Waals surface area contributed by atoms with E-state index in [2.05, 4.69) is 16.4 Å². The zero-order valence-corrected chi connectivity index (χ0v) is 22.5. The van der Waals surface area contributed by atoms with Crippen molar-refractivity contribution < 1.29 is 17.9 Å². The molecule has 1 aliphatic heterocycles. The monoisotopic (exact) mass is 558 g/mol. The lowest BCUT2D eigenvalue weighted by Gasteiger charge is -2.50. The van der Waals surface area contributed by atoms with Gasteiger partial charge in [-0.2, -0.15) is 14.7 Å². The van der Waals surface area contributed by atoms with E-state index in [1.165, 1.54) is 0 Å². The summed E-state index contributed by atoms with van der Waals surface area (Å²) in [7, 11) is -3.34. The number of fused-ring (bicyclic) bond motifs is 2. The summed E-state index contributed by atoms with van der Waals surface area (Å²) in [4.78, 5) is 16.0. The topological polar surface area (TPSA) is 130 Å². The van der Waals surface area contributed by atoms with Gasteiger partial charge in [-0.15, -0.1) is 10.8 Å². The van der Waals surface area contributed by atoms with Crippen LogP contribution >= 0.6 is 10.8 Å². The van der Waals surface area contributed by atoms with Crippen molar-refractivity contribution in [3.63, 3.8) is 0 Å². The van der Waals surface area contributed by atoms with Gasteiger partial charge in [0.15, 0.2) is 5.82 Å². The van der Waals surface area contributed by atoms with E-state index in [1.807, 2.05) is 6.92 Å². The molecule has 3 aliphatic rings. The number of nitrogens with zero attached hydrogens (tertiary/aromatic N) is 4. The fourth-order valence-electron chi connectivity index (χ4n) is 6.44. The largest absolute Gasteiger partial charge is 0.338 e. The van der Waals surface area contributed by atoms with Crippen LogP contribution in [0.25, 0.3) is 10.9 Å². The highest BCUT2D eigenvalue weighted by Crippen LogP contribution is 2.64. The van der Waals surface area contributed by atoms with Gasteiger partial charge < -0.3 is 10.3 Å². The number of pyridine rings is 1. The first-order valence-corrected chi connectivity index (χ1v) is 14.9. The van der Waals surface area contributed by atoms with Gasteiger partial charge in [0.05, 0.1) is 28.4 Å². The molecule has 1 aromatic carbocycles. The van der Waals surface area contributed by atoms with Crippen molar-refractivity contribution in [3.8, 4) is 6.07 Å². The molecular formula is C27H32F2N6O3S. The van der Waals surface area contributed by atoms with Crippen LogP contribution in [-0.4, -0.2) is 39.6 Å². The fraction of sp³-hybridized carbons (Fsp3) is 0.519. The molecule has 2 saturated carbocycles. The number of rotatable bonds is 4. The van der Waals surface area contributed by atoms with Crippen LogP contribution in [0.2, 0.25) is 0 Å². The predicted molar refractivity (Wildman–Crippen MR) is 145 cm³/mol. The van der Waals surface area contributed by atoms with E-state index in [1.54, 1.807) is 39.4 Å². The molecule has 12 heteroatoms. The van der Waals surface area contributed by atoms with Crippen molar-refractivity contribution in [3.05, 3.63) is 46.4 Å². The molecule has 2 aliphatic carbocycles. The molecule has 0 spiro atoms. The lowest BCUT2D eigenvalue weighted by Crippen LogP contribution is -2.49. The van der Waals surface area contributed by atoms with Gasteiger partial charge in [0.2, 0.25) is 5.92 Å². The van der Waals surface area contributed by atoms with E-state index in [4.69, 9.17) is 5.10 Å². The Morgan fingerprint density at radius 1 is 1.18 bits per heavy atom. The number of halogens is 2. The standard InChI is InChI=1S/C27H32F2N6O3S/c1-26(9-11-27(28,29)12-10-26)34-16-18-14-19(6-7-22(18)39(34,37)38)32-24-23-21(8-13-31-25(23)36)35(33-24)20-5-3-2-4-17(20)15-30/h6-8,13-14,17,20,37-38H,2-5,9-12,16H2,1H3,(H,31,36)(H,32,33). The average molecular weight is 559 g/mol. The second kappa shape index (κ2) is 9.30. The second-order valence-corrected chi connectivity index (χ2v) is 13.2. The zero-order chi connectivity index (χ0) is 27.6. The molecule has 2 atom stereocenters. The molecule has 0 radical (unpaired) electrons. The Morgan fingerprint density at radius 2 is 1.92 bits per heavy atom. The summed E-state index contributed by atoms with van der Waals surface area (Å²) in [6, 6.07) is 9.21. The Kier molecular flexibility index (Phi) is 6.26. The summed E-state index contributed by atoms with van der Waals surface area (Å²) >= 11 is 0. The predicted octanol–water partition coefficient (Wildman–Crippen LogP) is 6.53. The third-order valence-corrected chi connectivity index (χ3v) is 10.9. The number of hydrogen-bond acceptors (Lipinski definition) is 7. The minimum atomic E-state index is -3.34. The Bertz CT molecular complexity index is 1520. The smallest absolute Gasteiger partial charge is 0.261 e. The van der Waals surface area contributed by atoms with E-state index in [9.17, 15) is 27.9 Å². The van der Waals surface area contributed by atoms with Crippen LogP contribution in [-0.2, 0) is 6.54 Å². The van der Waals surface area contributed by atoms with E-state index in [-0.39, 0.29) is 49.7 Å². The number of alkyl halides is 2. The molecule has 3 aromatic rings. The van der Waals surface area contributed by atoms with Crippen molar-refractivity contribution in [2.24, 2.45) is 5.92 Å². The van der Waals surface area contributed by atoms with Gasteiger partial charge in [-0.1, -0.05) is 12.8 Å². The summed E-state index contributed by atoms with van der Waals surface area (Å²) in [5.41, 5.74) is 0.896. The number of aromatic amines is 1. The summed E-state index contributed by atoms with van der Waals surface area (Å²) in [5, 5.41) is 18.1. The molecular weight excluding hydrogens is 526 g/mol. The van der Waals surface area contributed by atoms with Gasteiger partial charge in [0.25, 0.3) is 5.56 Å². The van der Waals surface area contributed by atoms with Crippen molar-refractivity contribution >= 4 is 33.2 Å². The summed E-state index contributed by atoms with van der Waals surface area (Å²) in [6.45, 7) is 2.04. The van der Waals surface area contributed by atoms with Crippen LogP contribution in [0.15, 0.2) is 40.2 Å². The van der Waals surface area contributed by atoms with Crippen molar-refractivity contribution in [1.82, 2.24) is 19.1 Å². The van der Waals surface area contributed by atoms with Gasteiger partial charge in [-0.05, 0) is 62.4 Å². The molecule has 2 fully saturated rings. The first-order chi connectivity index (χ1) is 18.5. The molecule has 0 bridgehead atoms. The highest BCUT2D eigenvalue weighted by molar-refractivity contribution is 8.22. The maximum atomic E-state index is 13.9. The second-order valence-electron chi connectivity index (χ2n) is 11.3. The molecule has 6 rings (SSSR count). The molecule has 0 amide bonds. The Balaban J connectivity index is 1.32. The molecule has 2 unspecified atom stereocenters. The van der Waals surface area contributed by atoms with Crippen LogP contribution < -0.4 is 10.9 Å². The molecule has 9 nitrogen and oxygen atoms in total. The van der Waals surface area contributed by atoms with Gasteiger partial charge in [-0.3, -0.25) is 18.6 Å². The summed E-state index contributed by atoms with van der Waals surface area (Å²) < 4.78 is 53.5. The highest BCUT2D eigenvalue weighted by atomic mass is 32.3. The Morgan fingerprint density at radius 3 is 2.67 bits per heavy atom. The van der Waals surface area contributed by atoms with Gasteiger partial charge in [-0.25, -0.2) is 8.78 Å². The number of aromatic nitrogens is 3. The number of hydrogen-bond donors (Lipinski definition) is 4. The van der Waals surface area contributed by atoms with Crippen molar-refractivity contribution in [1.29, 1.82) is 5.26 Å². The molecule has 2 aromatic heterocycles. The minimum absolute atomic E-state index is 0.131. The maximum absolute atomic E-state index is 13.9. The van der Waals surface area contributed by atoms with Crippen LogP contribution in [0.3, 0.4) is 0 Å². The lowest BCUT2D eigenvalue weighted by molar-refractivity contribution is -0.0660. The lowest BCUT2D eigenvalue weighted by atomic mass is 9.81. The normalized spacial score (nSPS) is 26.6. The van der Waals surface area contributed by atoms with Crippen LogP contribution in [0, 0.1) is 17.2 Å². The van der Waals surface area contributed by atoms with E-state index in [0.29, 0.717) is 32.9 Å². The van der Waals surface area contributed by atoms with Gasteiger partial charge in [0, 0.05) is 36.8 Å². The third kappa shape index (κ3) is 4.41. The first-order valence-electron chi connectivity index (χ1n) is 13.4. The first kappa shape index (κ1) is 26.3. The highest BCUT2D eigenvalue weighted by Gasteiger charge is 2.50. The minimum Gasteiger partial charge on any atom is -0.338 e. The zero-order valence-electron chi connectivity index (χ0n) is 21.7. The molecule has 0 saturated heterocycles. The van der Waals surface area contributed by atoms with Crippen LogP contribution in [0.1, 0.15) is 69.9 Å². The van der Waals surface area contributed by atoms with Crippen LogP contribution in [0.5, 0.6) is 0 Å². The number of nitriles is 1. The number of nitrogens with one attached hydrogen (secondary N) is 2. The number of benzene rings is 1. The Labute approximate surface area is 226 Å². The molecule has 39 heavy (non-hydrogen) atoms. The van der Waals surface area contributed by atoms with E-state index < -0.39 is 22.2 Å². The van der Waals surface area contributed by atoms with Gasteiger partial charge in [0.1, 0.15) is 5.39 Å². The summed E-state index contributed by atoms with van der Waals surface area (Å²) in [5.74, 6) is -2.55. The fourth-order valence-corrected chi connectivity index (χ4v) is 8.52. The maximum Gasteiger partial charge on any atom is 0.261 e. The molecule has 4 N–H and O–H groups in total.